The molecule has 0 aliphatic carbocycles. The Balaban J connectivity index is 1.51. The van der Waals surface area contributed by atoms with Crippen molar-refractivity contribution < 1.29 is 9.13 Å². The van der Waals surface area contributed by atoms with Gasteiger partial charge in [0.1, 0.15) is 12.2 Å². The van der Waals surface area contributed by atoms with Crippen LogP contribution in [0.3, 0.4) is 0 Å². The van der Waals surface area contributed by atoms with Crippen LogP contribution < -0.4 is 4.74 Å². The molecule has 0 spiro atoms. The molecule has 0 radical (unpaired) electrons. The van der Waals surface area contributed by atoms with Gasteiger partial charge in [-0.2, -0.15) is 5.10 Å². The highest BCUT2D eigenvalue weighted by molar-refractivity contribution is 5.63. The number of likely N-dealkylation sites (tertiary alicyclic amines) is 1. The number of benzene rings is 1. The number of nitrogens with zero attached hydrogens (tertiary/aromatic N) is 5. The molecule has 142 valence electrons. The van der Waals surface area contributed by atoms with E-state index in [0.717, 1.165) is 55.1 Å². The Hall–Kier alpha value is -2.74. The van der Waals surface area contributed by atoms with E-state index in [1.807, 2.05) is 23.9 Å². The lowest BCUT2D eigenvalue weighted by atomic mass is 9.96. The highest BCUT2D eigenvalue weighted by Crippen LogP contribution is 2.30. The molecule has 0 bridgehead atoms. The molecule has 1 unspecified atom stereocenters. The summed E-state index contributed by atoms with van der Waals surface area (Å²) >= 11 is 0. The second kappa shape index (κ2) is 7.48. The number of nitrogens with one attached hydrogen (secondary N) is 1. The van der Waals surface area contributed by atoms with Crippen molar-refractivity contribution in [3.8, 4) is 17.0 Å². The predicted molar refractivity (Wildman–Crippen MR) is 98.8 cm³/mol. The fourth-order valence-corrected chi connectivity index (χ4v) is 3.82. The lowest BCUT2D eigenvalue weighted by molar-refractivity contribution is 0.195. The summed E-state index contributed by atoms with van der Waals surface area (Å²) in [4.78, 5) is 2.40. The molecule has 4 rings (SSSR count). The summed E-state index contributed by atoms with van der Waals surface area (Å²) in [7, 11) is 3.45. The minimum Gasteiger partial charge on any atom is -0.494 e. The maximum atomic E-state index is 14.1. The minimum absolute atomic E-state index is 0.238. The van der Waals surface area contributed by atoms with Crippen molar-refractivity contribution in [2.75, 3.05) is 20.2 Å². The van der Waals surface area contributed by atoms with Gasteiger partial charge in [-0.3, -0.25) is 10.00 Å². The Morgan fingerprint density at radius 2 is 2.26 bits per heavy atom. The number of rotatable bonds is 5. The van der Waals surface area contributed by atoms with Crippen molar-refractivity contribution in [3.05, 3.63) is 47.9 Å². The Bertz CT molecular complexity index is 921. The first-order valence-electron chi connectivity index (χ1n) is 9.08. The Morgan fingerprint density at radius 1 is 1.37 bits per heavy atom. The summed E-state index contributed by atoms with van der Waals surface area (Å²) < 4.78 is 21.1. The molecule has 2 aromatic heterocycles. The number of H-pyrrole nitrogens is 1. The van der Waals surface area contributed by atoms with Gasteiger partial charge in [0, 0.05) is 37.2 Å². The van der Waals surface area contributed by atoms with Gasteiger partial charge in [0.05, 0.1) is 19.0 Å². The number of piperidine rings is 1. The molecule has 1 aliphatic rings. The van der Waals surface area contributed by atoms with E-state index in [9.17, 15) is 4.39 Å². The number of hydrogen-bond donors (Lipinski definition) is 1. The lowest BCUT2D eigenvalue weighted by Crippen LogP contribution is -2.34. The van der Waals surface area contributed by atoms with Crippen LogP contribution in [0.4, 0.5) is 4.39 Å². The second-order valence-electron chi connectivity index (χ2n) is 6.99. The summed E-state index contributed by atoms with van der Waals surface area (Å²) in [5, 5.41) is 15.5. The summed E-state index contributed by atoms with van der Waals surface area (Å²) in [6.07, 6.45) is 5.80. The Kier molecular flexibility index (Phi) is 4.89. The molecule has 0 saturated carbocycles. The van der Waals surface area contributed by atoms with Crippen LogP contribution in [0.15, 0.2) is 30.7 Å². The normalized spacial score (nSPS) is 18.0. The van der Waals surface area contributed by atoms with Crippen LogP contribution in [0.1, 0.15) is 30.1 Å². The van der Waals surface area contributed by atoms with Crippen LogP contribution in [0.5, 0.6) is 5.75 Å². The molecule has 1 saturated heterocycles. The number of ether oxygens (including phenoxy) is 1. The van der Waals surface area contributed by atoms with Gasteiger partial charge in [-0.05, 0) is 37.6 Å². The molecule has 1 aliphatic heterocycles. The molecular formula is C19H23FN6O. The minimum atomic E-state index is -0.379. The highest BCUT2D eigenvalue weighted by Gasteiger charge is 2.25. The van der Waals surface area contributed by atoms with E-state index in [1.165, 1.54) is 13.2 Å². The SMILES string of the molecule is COc1ccc(-c2[nH]ncc2CN2CCCC(c3nncn3C)C2)cc1F. The van der Waals surface area contributed by atoms with Gasteiger partial charge < -0.3 is 9.30 Å². The fraction of sp³-hybridized carbons (Fsp3) is 0.421. The number of aryl methyl sites for hydroxylation is 1. The average Bonchev–Trinajstić information content (AvgIpc) is 3.31. The first-order chi connectivity index (χ1) is 13.2. The van der Waals surface area contributed by atoms with Gasteiger partial charge in [-0.25, -0.2) is 4.39 Å². The maximum absolute atomic E-state index is 14.1. The average molecular weight is 370 g/mol. The molecule has 3 aromatic rings. The van der Waals surface area contributed by atoms with Gasteiger partial charge in [0.25, 0.3) is 0 Å². The van der Waals surface area contributed by atoms with Crippen LogP contribution in [0.2, 0.25) is 0 Å². The van der Waals surface area contributed by atoms with Crippen molar-refractivity contribution in [1.82, 2.24) is 29.9 Å². The monoisotopic (exact) mass is 370 g/mol. The van der Waals surface area contributed by atoms with Gasteiger partial charge in [-0.1, -0.05) is 0 Å². The molecule has 1 atom stereocenters. The molecule has 0 amide bonds. The summed E-state index contributed by atoms with van der Waals surface area (Å²) in [6.45, 7) is 2.71. The zero-order valence-corrected chi connectivity index (χ0v) is 15.5. The van der Waals surface area contributed by atoms with E-state index >= 15 is 0 Å². The lowest BCUT2D eigenvalue weighted by Gasteiger charge is -2.32. The molecule has 3 heterocycles. The first-order valence-corrected chi connectivity index (χ1v) is 9.08. The number of halogens is 1. The van der Waals surface area contributed by atoms with Crippen LogP contribution in [0, 0.1) is 5.82 Å². The Morgan fingerprint density at radius 3 is 3.00 bits per heavy atom. The van der Waals surface area contributed by atoms with Gasteiger partial charge in [-0.15, -0.1) is 10.2 Å². The smallest absolute Gasteiger partial charge is 0.165 e. The molecular weight excluding hydrogens is 347 g/mol. The molecule has 1 aromatic carbocycles. The van der Waals surface area contributed by atoms with Crippen molar-refractivity contribution in [2.45, 2.75) is 25.3 Å². The largest absolute Gasteiger partial charge is 0.494 e. The van der Waals surface area contributed by atoms with Crippen LogP contribution >= 0.6 is 0 Å². The summed E-state index contributed by atoms with van der Waals surface area (Å²) in [5.41, 5.74) is 2.66. The third kappa shape index (κ3) is 3.57. The number of aromatic amines is 1. The van der Waals surface area contributed by atoms with E-state index in [0.29, 0.717) is 5.92 Å². The summed E-state index contributed by atoms with van der Waals surface area (Å²) in [6, 6.07) is 4.96. The fourth-order valence-electron chi connectivity index (χ4n) is 3.82. The number of aromatic nitrogens is 5. The van der Waals surface area contributed by atoms with E-state index in [2.05, 4.69) is 25.3 Å². The van der Waals surface area contributed by atoms with Gasteiger partial charge in [0.2, 0.25) is 0 Å². The van der Waals surface area contributed by atoms with E-state index in [1.54, 1.807) is 12.4 Å². The number of hydrogen-bond acceptors (Lipinski definition) is 5. The topological polar surface area (TPSA) is 71.9 Å². The van der Waals surface area contributed by atoms with Crippen LogP contribution in [0.25, 0.3) is 11.3 Å². The van der Waals surface area contributed by atoms with Gasteiger partial charge in [0.15, 0.2) is 11.6 Å². The van der Waals surface area contributed by atoms with Crippen molar-refractivity contribution in [1.29, 1.82) is 0 Å². The van der Waals surface area contributed by atoms with E-state index in [-0.39, 0.29) is 11.6 Å². The Labute approximate surface area is 157 Å². The van der Waals surface area contributed by atoms with Crippen LogP contribution in [-0.2, 0) is 13.6 Å². The third-order valence-corrected chi connectivity index (χ3v) is 5.17. The van der Waals surface area contributed by atoms with Crippen molar-refractivity contribution in [3.63, 3.8) is 0 Å². The molecule has 27 heavy (non-hydrogen) atoms. The van der Waals surface area contributed by atoms with E-state index in [4.69, 9.17) is 4.74 Å². The standard InChI is InChI=1S/C19H23FN6O/c1-25-12-22-24-19(25)14-4-3-7-26(10-14)11-15-9-21-23-18(15)13-5-6-17(27-2)16(20)8-13/h5-6,8-9,12,14H,3-4,7,10-11H2,1-2H3,(H,21,23). The molecule has 1 fully saturated rings. The predicted octanol–water partition coefficient (Wildman–Crippen LogP) is 2.73. The zero-order chi connectivity index (χ0) is 18.8. The van der Waals surface area contributed by atoms with Gasteiger partial charge >= 0.3 is 0 Å². The van der Waals surface area contributed by atoms with Crippen molar-refractivity contribution >= 4 is 0 Å². The van der Waals surface area contributed by atoms with Crippen molar-refractivity contribution in [2.24, 2.45) is 7.05 Å². The third-order valence-electron chi connectivity index (χ3n) is 5.17. The van der Waals surface area contributed by atoms with E-state index < -0.39 is 0 Å². The first kappa shape index (κ1) is 17.7. The second-order valence-corrected chi connectivity index (χ2v) is 6.99. The molecule has 8 heteroatoms. The zero-order valence-electron chi connectivity index (χ0n) is 15.5. The maximum Gasteiger partial charge on any atom is 0.165 e. The molecule has 1 N–H and O–H groups in total. The number of methoxy groups -OCH3 is 1. The highest BCUT2D eigenvalue weighted by atomic mass is 19.1. The van der Waals surface area contributed by atoms with Crippen LogP contribution in [-0.4, -0.2) is 50.1 Å². The molecule has 7 nitrogen and oxygen atoms in total. The quantitative estimate of drug-likeness (QED) is 0.748. The summed E-state index contributed by atoms with van der Waals surface area (Å²) in [5.74, 6) is 1.27.